The van der Waals surface area contributed by atoms with E-state index in [1.165, 1.54) is 12.1 Å². The maximum absolute atomic E-state index is 12.9. The van der Waals surface area contributed by atoms with E-state index in [1.54, 1.807) is 12.1 Å². The van der Waals surface area contributed by atoms with Gasteiger partial charge in [-0.3, -0.25) is 0 Å². The summed E-state index contributed by atoms with van der Waals surface area (Å²) in [7, 11) is 0. The van der Waals surface area contributed by atoms with Gasteiger partial charge >= 0.3 is 0 Å². The standard InChI is InChI=1S/C13H18FNO3/c14-11-2-1-3-12(5-11)18-8-9-4-10(13(16)17)7-15-6-9/h1-3,5,9-10,13,15-17H,4,6-8H2. The maximum atomic E-state index is 12.9. The quantitative estimate of drug-likeness (QED) is 0.695. The molecule has 2 atom stereocenters. The fraction of sp³-hybridized carbons (Fsp3) is 0.538. The lowest BCUT2D eigenvalue weighted by Crippen LogP contribution is -2.43. The van der Waals surface area contributed by atoms with Gasteiger partial charge in [0.25, 0.3) is 0 Å². The monoisotopic (exact) mass is 255 g/mol. The highest BCUT2D eigenvalue weighted by Gasteiger charge is 2.26. The Hall–Kier alpha value is -1.17. The van der Waals surface area contributed by atoms with Gasteiger partial charge in [-0.2, -0.15) is 0 Å². The molecular formula is C13H18FNO3. The third kappa shape index (κ3) is 3.66. The minimum atomic E-state index is -1.30. The van der Waals surface area contributed by atoms with Gasteiger partial charge in [-0.05, 0) is 18.6 Å². The number of aliphatic hydroxyl groups is 2. The van der Waals surface area contributed by atoms with Gasteiger partial charge in [-0.1, -0.05) is 6.07 Å². The summed E-state index contributed by atoms with van der Waals surface area (Å²) in [6, 6.07) is 6.02. The molecule has 1 aliphatic heterocycles. The second kappa shape index (κ2) is 6.13. The molecule has 0 radical (unpaired) electrons. The van der Waals surface area contributed by atoms with Crippen LogP contribution in [0.2, 0.25) is 0 Å². The Kier molecular flexibility index (Phi) is 4.52. The van der Waals surface area contributed by atoms with Crippen LogP contribution in [0.5, 0.6) is 5.75 Å². The number of hydrogen-bond acceptors (Lipinski definition) is 4. The van der Waals surface area contributed by atoms with E-state index in [0.29, 0.717) is 25.3 Å². The molecule has 3 N–H and O–H groups in total. The average Bonchev–Trinajstić information content (AvgIpc) is 2.37. The molecule has 0 spiro atoms. The van der Waals surface area contributed by atoms with Crippen LogP contribution in [0.3, 0.4) is 0 Å². The van der Waals surface area contributed by atoms with Gasteiger partial charge in [0.15, 0.2) is 6.29 Å². The summed E-state index contributed by atoms with van der Waals surface area (Å²) < 4.78 is 18.5. The molecule has 2 unspecified atom stereocenters. The fourth-order valence-electron chi connectivity index (χ4n) is 2.19. The molecule has 0 aromatic heterocycles. The number of hydrogen-bond donors (Lipinski definition) is 3. The van der Waals surface area contributed by atoms with Gasteiger partial charge < -0.3 is 20.3 Å². The zero-order valence-corrected chi connectivity index (χ0v) is 10.1. The molecule has 5 heteroatoms. The number of nitrogens with one attached hydrogen (secondary N) is 1. The molecule has 2 rings (SSSR count). The number of ether oxygens (including phenoxy) is 1. The SMILES string of the molecule is OC(O)C1CNCC(COc2cccc(F)c2)C1. The first-order chi connectivity index (χ1) is 8.65. The van der Waals surface area contributed by atoms with Crippen LogP contribution in [0.1, 0.15) is 6.42 Å². The summed E-state index contributed by atoms with van der Waals surface area (Å²) in [5.74, 6) is 0.216. The smallest absolute Gasteiger partial charge is 0.155 e. The Bertz CT molecular complexity index is 386. The van der Waals surface area contributed by atoms with Gasteiger partial charge in [0.2, 0.25) is 0 Å². The van der Waals surface area contributed by atoms with Crippen molar-refractivity contribution >= 4 is 0 Å². The van der Waals surface area contributed by atoms with E-state index in [9.17, 15) is 4.39 Å². The molecular weight excluding hydrogens is 237 g/mol. The van der Waals surface area contributed by atoms with Crippen molar-refractivity contribution in [2.75, 3.05) is 19.7 Å². The molecule has 1 heterocycles. The highest BCUT2D eigenvalue weighted by molar-refractivity contribution is 5.22. The van der Waals surface area contributed by atoms with Crippen LogP contribution < -0.4 is 10.1 Å². The Labute approximate surface area is 105 Å². The van der Waals surface area contributed by atoms with E-state index in [-0.39, 0.29) is 17.7 Å². The molecule has 1 aromatic carbocycles. The predicted octanol–water partition coefficient (Wildman–Crippen LogP) is 0.741. The zero-order valence-electron chi connectivity index (χ0n) is 10.1. The van der Waals surface area contributed by atoms with Crippen molar-refractivity contribution in [3.63, 3.8) is 0 Å². The lowest BCUT2D eigenvalue weighted by molar-refractivity contribution is -0.0949. The van der Waals surface area contributed by atoms with Crippen LogP contribution in [-0.4, -0.2) is 36.2 Å². The first kappa shape index (κ1) is 13.3. The highest BCUT2D eigenvalue weighted by Crippen LogP contribution is 2.20. The first-order valence-electron chi connectivity index (χ1n) is 6.10. The number of benzene rings is 1. The van der Waals surface area contributed by atoms with Gasteiger partial charge in [0.05, 0.1) is 6.61 Å². The van der Waals surface area contributed by atoms with E-state index in [0.717, 1.165) is 6.54 Å². The Morgan fingerprint density at radius 1 is 1.39 bits per heavy atom. The Balaban J connectivity index is 1.83. The number of aliphatic hydroxyl groups excluding tert-OH is 1. The summed E-state index contributed by atoms with van der Waals surface area (Å²) in [5, 5.41) is 21.4. The summed E-state index contributed by atoms with van der Waals surface area (Å²) in [6.45, 7) is 1.83. The second-order valence-corrected chi connectivity index (χ2v) is 4.70. The summed E-state index contributed by atoms with van der Waals surface area (Å²) >= 11 is 0. The van der Waals surface area contributed by atoms with E-state index in [2.05, 4.69) is 5.32 Å². The molecule has 0 aliphatic carbocycles. The van der Waals surface area contributed by atoms with E-state index in [4.69, 9.17) is 14.9 Å². The lowest BCUT2D eigenvalue weighted by Gasteiger charge is -2.30. The molecule has 0 saturated carbocycles. The number of halogens is 1. The zero-order chi connectivity index (χ0) is 13.0. The minimum Gasteiger partial charge on any atom is -0.493 e. The molecule has 100 valence electrons. The number of piperidine rings is 1. The van der Waals surface area contributed by atoms with Crippen molar-refractivity contribution in [2.24, 2.45) is 11.8 Å². The third-order valence-electron chi connectivity index (χ3n) is 3.18. The topological polar surface area (TPSA) is 61.7 Å². The molecule has 0 bridgehead atoms. The van der Waals surface area contributed by atoms with Crippen molar-refractivity contribution in [3.05, 3.63) is 30.1 Å². The minimum absolute atomic E-state index is 0.167. The maximum Gasteiger partial charge on any atom is 0.155 e. The second-order valence-electron chi connectivity index (χ2n) is 4.70. The summed E-state index contributed by atoms with van der Waals surface area (Å²) in [4.78, 5) is 0. The Morgan fingerprint density at radius 2 is 2.22 bits per heavy atom. The van der Waals surface area contributed by atoms with Crippen molar-refractivity contribution in [1.29, 1.82) is 0 Å². The van der Waals surface area contributed by atoms with E-state index < -0.39 is 6.29 Å². The van der Waals surface area contributed by atoms with Crippen LogP contribution in [0, 0.1) is 17.7 Å². The normalized spacial score (nSPS) is 24.2. The molecule has 1 fully saturated rings. The molecule has 0 amide bonds. The van der Waals surface area contributed by atoms with Gasteiger partial charge in [-0.25, -0.2) is 4.39 Å². The van der Waals surface area contributed by atoms with Gasteiger partial charge in [-0.15, -0.1) is 0 Å². The van der Waals surface area contributed by atoms with E-state index >= 15 is 0 Å². The van der Waals surface area contributed by atoms with Crippen LogP contribution in [-0.2, 0) is 0 Å². The van der Waals surface area contributed by atoms with Gasteiger partial charge in [0.1, 0.15) is 11.6 Å². The first-order valence-corrected chi connectivity index (χ1v) is 6.10. The third-order valence-corrected chi connectivity index (χ3v) is 3.18. The highest BCUT2D eigenvalue weighted by atomic mass is 19.1. The molecule has 4 nitrogen and oxygen atoms in total. The van der Waals surface area contributed by atoms with Crippen LogP contribution in [0.4, 0.5) is 4.39 Å². The van der Waals surface area contributed by atoms with Crippen LogP contribution in [0.15, 0.2) is 24.3 Å². The predicted molar refractivity (Wildman–Crippen MR) is 64.6 cm³/mol. The summed E-state index contributed by atoms with van der Waals surface area (Å²) in [6.07, 6.45) is -0.602. The largest absolute Gasteiger partial charge is 0.493 e. The van der Waals surface area contributed by atoms with Crippen molar-refractivity contribution in [3.8, 4) is 5.75 Å². The average molecular weight is 255 g/mol. The number of rotatable bonds is 4. The van der Waals surface area contributed by atoms with Crippen molar-refractivity contribution in [1.82, 2.24) is 5.32 Å². The molecule has 1 saturated heterocycles. The van der Waals surface area contributed by atoms with Crippen molar-refractivity contribution in [2.45, 2.75) is 12.7 Å². The lowest BCUT2D eigenvalue weighted by atomic mass is 9.90. The van der Waals surface area contributed by atoms with E-state index in [1.807, 2.05) is 0 Å². The molecule has 18 heavy (non-hydrogen) atoms. The van der Waals surface area contributed by atoms with Gasteiger partial charge in [0, 0.05) is 31.0 Å². The summed E-state index contributed by atoms with van der Waals surface area (Å²) in [5.41, 5.74) is 0. The van der Waals surface area contributed by atoms with Crippen LogP contribution >= 0.6 is 0 Å². The van der Waals surface area contributed by atoms with Crippen molar-refractivity contribution < 1.29 is 19.3 Å². The van der Waals surface area contributed by atoms with Crippen LogP contribution in [0.25, 0.3) is 0 Å². The molecule has 1 aliphatic rings. The Morgan fingerprint density at radius 3 is 2.94 bits per heavy atom. The molecule has 1 aromatic rings. The fourth-order valence-corrected chi connectivity index (χ4v) is 2.19.